The van der Waals surface area contributed by atoms with Gasteiger partial charge in [-0.15, -0.1) is 10.2 Å². The van der Waals surface area contributed by atoms with Crippen molar-refractivity contribution >= 4 is 17.5 Å². The minimum absolute atomic E-state index is 0.0821. The van der Waals surface area contributed by atoms with Crippen LogP contribution in [-0.2, 0) is 13.0 Å². The summed E-state index contributed by atoms with van der Waals surface area (Å²) < 4.78 is 2.09. The van der Waals surface area contributed by atoms with Crippen LogP contribution in [0.4, 0.5) is 0 Å². The Hall–Kier alpha value is -3.25. The van der Waals surface area contributed by atoms with Gasteiger partial charge in [-0.3, -0.25) is 9.78 Å². The first-order valence-electron chi connectivity index (χ1n) is 9.40. The number of thioether (sulfide) groups is 1. The number of rotatable bonds is 8. The molecule has 4 aromatic rings. The summed E-state index contributed by atoms with van der Waals surface area (Å²) in [5.74, 6) is 1.20. The van der Waals surface area contributed by atoms with Gasteiger partial charge in [0.05, 0.1) is 5.75 Å². The minimum atomic E-state index is 0.0821. The zero-order chi connectivity index (χ0) is 19.9. The van der Waals surface area contributed by atoms with Crippen molar-refractivity contribution in [2.24, 2.45) is 0 Å². The molecule has 0 spiro atoms. The summed E-state index contributed by atoms with van der Waals surface area (Å²) in [5.41, 5.74) is 2.92. The summed E-state index contributed by atoms with van der Waals surface area (Å²) in [4.78, 5) is 16.6. The van der Waals surface area contributed by atoms with Gasteiger partial charge >= 0.3 is 0 Å². The lowest BCUT2D eigenvalue weighted by Crippen LogP contribution is -2.08. The van der Waals surface area contributed by atoms with Gasteiger partial charge < -0.3 is 4.57 Å². The number of nitrogens with zero attached hydrogens (tertiary/aromatic N) is 4. The first-order chi connectivity index (χ1) is 14.3. The monoisotopic (exact) mass is 400 g/mol. The Bertz CT molecular complexity index is 1070. The second kappa shape index (κ2) is 9.30. The van der Waals surface area contributed by atoms with E-state index >= 15 is 0 Å². The molecule has 144 valence electrons. The van der Waals surface area contributed by atoms with Crippen LogP contribution in [0, 0.1) is 0 Å². The number of aromatic nitrogens is 4. The lowest BCUT2D eigenvalue weighted by Gasteiger charge is -2.10. The van der Waals surface area contributed by atoms with Crippen molar-refractivity contribution in [1.82, 2.24) is 19.7 Å². The van der Waals surface area contributed by atoms with Gasteiger partial charge in [0.25, 0.3) is 0 Å². The zero-order valence-electron chi connectivity index (χ0n) is 15.8. The maximum Gasteiger partial charge on any atom is 0.191 e. The van der Waals surface area contributed by atoms with E-state index in [1.807, 2.05) is 60.7 Å². The van der Waals surface area contributed by atoms with Crippen molar-refractivity contribution < 1.29 is 4.79 Å². The molecule has 0 aliphatic heterocycles. The minimum Gasteiger partial charge on any atom is -0.302 e. The molecule has 0 aliphatic rings. The van der Waals surface area contributed by atoms with Crippen molar-refractivity contribution in [3.8, 4) is 11.4 Å². The van der Waals surface area contributed by atoms with Gasteiger partial charge in [0.15, 0.2) is 16.8 Å². The van der Waals surface area contributed by atoms with Crippen LogP contribution < -0.4 is 0 Å². The number of aryl methyl sites for hydroxylation is 1. The summed E-state index contributed by atoms with van der Waals surface area (Å²) >= 11 is 1.42. The highest BCUT2D eigenvalue weighted by Gasteiger charge is 2.16. The summed E-state index contributed by atoms with van der Waals surface area (Å²) in [5, 5.41) is 9.52. The van der Waals surface area contributed by atoms with Crippen LogP contribution in [0.1, 0.15) is 15.9 Å². The molecule has 0 saturated carbocycles. The van der Waals surface area contributed by atoms with Crippen LogP contribution in [0.15, 0.2) is 90.3 Å². The molecule has 4 rings (SSSR count). The van der Waals surface area contributed by atoms with Crippen LogP contribution in [0.3, 0.4) is 0 Å². The molecule has 0 radical (unpaired) electrons. The maximum atomic E-state index is 12.5. The number of hydrogen-bond donors (Lipinski definition) is 0. The third kappa shape index (κ3) is 4.78. The predicted molar refractivity (Wildman–Crippen MR) is 115 cm³/mol. The maximum absolute atomic E-state index is 12.5. The van der Waals surface area contributed by atoms with Gasteiger partial charge in [-0.2, -0.15) is 0 Å². The fourth-order valence-electron chi connectivity index (χ4n) is 3.03. The average Bonchev–Trinajstić information content (AvgIpc) is 3.20. The Morgan fingerprint density at radius 3 is 2.28 bits per heavy atom. The highest BCUT2D eigenvalue weighted by atomic mass is 32.2. The van der Waals surface area contributed by atoms with E-state index in [0.29, 0.717) is 11.3 Å². The molecule has 0 aliphatic carbocycles. The highest BCUT2D eigenvalue weighted by Crippen LogP contribution is 2.25. The Kier molecular flexibility index (Phi) is 6.12. The van der Waals surface area contributed by atoms with Gasteiger partial charge in [0, 0.05) is 30.1 Å². The van der Waals surface area contributed by atoms with Crippen molar-refractivity contribution in [2.75, 3.05) is 5.75 Å². The smallest absolute Gasteiger partial charge is 0.191 e. The van der Waals surface area contributed by atoms with Gasteiger partial charge in [0.1, 0.15) is 0 Å². The van der Waals surface area contributed by atoms with E-state index in [4.69, 9.17) is 0 Å². The summed E-state index contributed by atoms with van der Waals surface area (Å²) in [6.45, 7) is 0.733. The van der Waals surface area contributed by atoms with E-state index in [2.05, 4.69) is 31.9 Å². The quantitative estimate of drug-likeness (QED) is 0.321. The number of benzene rings is 2. The number of carbonyl (C=O) groups is 1. The molecule has 0 amide bonds. The largest absolute Gasteiger partial charge is 0.302 e. The first kappa shape index (κ1) is 19.1. The Balaban J connectivity index is 1.56. The Labute approximate surface area is 173 Å². The summed E-state index contributed by atoms with van der Waals surface area (Å²) in [6, 6.07) is 23.5. The van der Waals surface area contributed by atoms with Crippen LogP contribution >= 0.6 is 11.8 Å². The molecule has 2 aromatic carbocycles. The van der Waals surface area contributed by atoms with E-state index in [0.717, 1.165) is 29.5 Å². The van der Waals surface area contributed by atoms with Gasteiger partial charge in [-0.1, -0.05) is 72.4 Å². The molecular formula is C23H20N4OS. The van der Waals surface area contributed by atoms with Crippen LogP contribution in [0.25, 0.3) is 11.4 Å². The molecule has 5 nitrogen and oxygen atoms in total. The first-order valence-corrected chi connectivity index (χ1v) is 10.4. The molecular weight excluding hydrogens is 380 g/mol. The van der Waals surface area contributed by atoms with Crippen molar-refractivity contribution in [3.63, 3.8) is 0 Å². The van der Waals surface area contributed by atoms with E-state index in [1.165, 1.54) is 17.3 Å². The molecule has 29 heavy (non-hydrogen) atoms. The Morgan fingerprint density at radius 2 is 1.55 bits per heavy atom. The number of Topliss-reactive ketones (excluding diaryl/α,β-unsaturated/α-hetero) is 1. The molecule has 0 fully saturated rings. The topological polar surface area (TPSA) is 60.7 Å². The van der Waals surface area contributed by atoms with E-state index in [1.54, 1.807) is 12.4 Å². The second-order valence-electron chi connectivity index (χ2n) is 6.51. The van der Waals surface area contributed by atoms with E-state index in [9.17, 15) is 4.79 Å². The lowest BCUT2D eigenvalue weighted by molar-refractivity contribution is 0.102. The predicted octanol–water partition coefficient (Wildman–Crippen LogP) is 4.56. The number of hydrogen-bond acceptors (Lipinski definition) is 5. The van der Waals surface area contributed by atoms with Gasteiger partial charge in [-0.25, -0.2) is 0 Å². The summed E-state index contributed by atoms with van der Waals surface area (Å²) in [7, 11) is 0. The molecule has 0 saturated heterocycles. The number of ketones is 1. The van der Waals surface area contributed by atoms with E-state index in [-0.39, 0.29) is 5.78 Å². The molecule has 6 heteroatoms. The SMILES string of the molecule is O=C(CSc1nnc(-c2ccncc2)n1CCc1ccccc1)c1ccccc1. The molecule has 2 heterocycles. The van der Waals surface area contributed by atoms with Crippen LogP contribution in [0.5, 0.6) is 0 Å². The molecule has 0 bridgehead atoms. The highest BCUT2D eigenvalue weighted by molar-refractivity contribution is 7.99. The molecule has 0 unspecified atom stereocenters. The fraction of sp³-hybridized carbons (Fsp3) is 0.130. The molecule has 0 N–H and O–H groups in total. The normalized spacial score (nSPS) is 10.8. The lowest BCUT2D eigenvalue weighted by atomic mass is 10.1. The fourth-order valence-corrected chi connectivity index (χ4v) is 3.89. The Morgan fingerprint density at radius 1 is 0.862 bits per heavy atom. The number of carbonyl (C=O) groups excluding carboxylic acids is 1. The number of pyridine rings is 1. The zero-order valence-corrected chi connectivity index (χ0v) is 16.6. The van der Waals surface area contributed by atoms with Gasteiger partial charge in [0.2, 0.25) is 0 Å². The van der Waals surface area contributed by atoms with Crippen molar-refractivity contribution in [1.29, 1.82) is 0 Å². The summed E-state index contributed by atoms with van der Waals surface area (Å²) in [6.07, 6.45) is 4.35. The van der Waals surface area contributed by atoms with E-state index < -0.39 is 0 Å². The third-order valence-electron chi connectivity index (χ3n) is 4.55. The van der Waals surface area contributed by atoms with Crippen molar-refractivity contribution in [2.45, 2.75) is 18.1 Å². The van der Waals surface area contributed by atoms with Gasteiger partial charge in [-0.05, 0) is 24.1 Å². The van der Waals surface area contributed by atoms with Crippen molar-refractivity contribution in [3.05, 3.63) is 96.3 Å². The third-order valence-corrected chi connectivity index (χ3v) is 5.52. The molecule has 0 atom stereocenters. The van der Waals surface area contributed by atoms with Crippen LogP contribution in [-0.4, -0.2) is 31.3 Å². The molecule has 2 aromatic heterocycles. The van der Waals surface area contributed by atoms with Crippen LogP contribution in [0.2, 0.25) is 0 Å². The standard InChI is InChI=1S/C23H20N4OS/c28-21(19-9-5-2-6-10-19)17-29-23-26-25-22(20-11-14-24-15-12-20)27(23)16-13-18-7-3-1-4-8-18/h1-12,14-15H,13,16-17H2. The second-order valence-corrected chi connectivity index (χ2v) is 7.45. The average molecular weight is 401 g/mol.